The van der Waals surface area contributed by atoms with Crippen LogP contribution in [-0.2, 0) is 4.74 Å². The molecule has 8 heteroatoms. The van der Waals surface area contributed by atoms with Crippen LogP contribution in [0.15, 0.2) is 89.3 Å². The van der Waals surface area contributed by atoms with Crippen molar-refractivity contribution in [1.82, 2.24) is 4.98 Å². The minimum Gasteiger partial charge on any atom is -0.490 e. The number of benzene rings is 3. The molecule has 0 saturated heterocycles. The van der Waals surface area contributed by atoms with Gasteiger partial charge < -0.3 is 14.2 Å². The molecule has 0 spiro atoms. The zero-order valence-corrected chi connectivity index (χ0v) is 19.3. The summed E-state index contributed by atoms with van der Waals surface area (Å²) in [6, 6.07) is 24.4. The SMILES string of the molecule is COC(=O)c1cccc(OCCOc2cccc(C=NNc3nc(-c4ccccc4)cs3)c2)c1. The molecule has 1 N–H and O–H groups in total. The lowest BCUT2D eigenvalue weighted by atomic mass is 10.2. The number of carbonyl (C=O) groups is 1. The van der Waals surface area contributed by atoms with Gasteiger partial charge in [0.05, 0.1) is 24.6 Å². The number of hydrogen-bond acceptors (Lipinski definition) is 8. The number of esters is 1. The number of methoxy groups -OCH3 is 1. The van der Waals surface area contributed by atoms with E-state index < -0.39 is 5.97 Å². The van der Waals surface area contributed by atoms with Crippen molar-refractivity contribution in [3.05, 3.63) is 95.4 Å². The van der Waals surface area contributed by atoms with E-state index in [-0.39, 0.29) is 0 Å². The summed E-state index contributed by atoms with van der Waals surface area (Å²) in [5, 5.41) is 6.99. The van der Waals surface area contributed by atoms with Gasteiger partial charge in [-0.25, -0.2) is 9.78 Å². The first kappa shape index (κ1) is 23.0. The number of hydrazone groups is 1. The molecule has 172 valence electrons. The fourth-order valence-electron chi connectivity index (χ4n) is 3.06. The van der Waals surface area contributed by atoms with E-state index in [2.05, 4.69) is 15.5 Å². The van der Waals surface area contributed by atoms with Crippen molar-refractivity contribution >= 4 is 28.7 Å². The van der Waals surface area contributed by atoms with Gasteiger partial charge in [0.15, 0.2) is 0 Å². The van der Waals surface area contributed by atoms with Crippen LogP contribution >= 0.6 is 11.3 Å². The summed E-state index contributed by atoms with van der Waals surface area (Å²) in [6.07, 6.45) is 1.71. The molecule has 0 amide bonds. The third-order valence-electron chi connectivity index (χ3n) is 4.68. The van der Waals surface area contributed by atoms with Gasteiger partial charge in [0.2, 0.25) is 5.13 Å². The van der Waals surface area contributed by atoms with Gasteiger partial charge in [0, 0.05) is 10.9 Å². The molecule has 7 nitrogen and oxygen atoms in total. The first-order chi connectivity index (χ1) is 16.7. The predicted molar refractivity (Wildman–Crippen MR) is 134 cm³/mol. The quantitative estimate of drug-likeness (QED) is 0.142. The van der Waals surface area contributed by atoms with Gasteiger partial charge in [-0.3, -0.25) is 5.43 Å². The number of thiazole rings is 1. The highest BCUT2D eigenvalue weighted by Gasteiger charge is 2.06. The van der Waals surface area contributed by atoms with Crippen molar-refractivity contribution in [3.8, 4) is 22.8 Å². The Morgan fingerprint density at radius 2 is 1.71 bits per heavy atom. The largest absolute Gasteiger partial charge is 0.490 e. The van der Waals surface area contributed by atoms with Crippen LogP contribution in [0.2, 0.25) is 0 Å². The first-order valence-electron chi connectivity index (χ1n) is 10.6. The molecule has 0 aliphatic carbocycles. The van der Waals surface area contributed by atoms with Crippen LogP contribution in [0.4, 0.5) is 5.13 Å². The van der Waals surface area contributed by atoms with Crippen LogP contribution < -0.4 is 14.9 Å². The highest BCUT2D eigenvalue weighted by atomic mass is 32.1. The molecule has 1 heterocycles. The maximum atomic E-state index is 11.6. The van der Waals surface area contributed by atoms with Crippen molar-refractivity contribution in [2.45, 2.75) is 0 Å². The summed E-state index contributed by atoms with van der Waals surface area (Å²) in [7, 11) is 1.35. The fraction of sp³-hybridized carbons (Fsp3) is 0.115. The third kappa shape index (κ3) is 6.43. The average Bonchev–Trinajstić information content (AvgIpc) is 3.36. The maximum absolute atomic E-state index is 11.6. The number of carbonyl (C=O) groups excluding carboxylic acids is 1. The second-order valence-electron chi connectivity index (χ2n) is 7.06. The zero-order valence-electron chi connectivity index (χ0n) is 18.5. The maximum Gasteiger partial charge on any atom is 0.337 e. The van der Waals surface area contributed by atoms with Crippen molar-refractivity contribution in [2.75, 3.05) is 25.7 Å². The molecular formula is C26H23N3O4S. The van der Waals surface area contributed by atoms with Crippen LogP contribution in [0.1, 0.15) is 15.9 Å². The number of nitrogens with zero attached hydrogens (tertiary/aromatic N) is 2. The van der Waals surface area contributed by atoms with Crippen molar-refractivity contribution in [3.63, 3.8) is 0 Å². The summed E-state index contributed by atoms with van der Waals surface area (Å²) in [5.41, 5.74) is 6.28. The monoisotopic (exact) mass is 473 g/mol. The Bertz CT molecular complexity index is 1260. The number of anilines is 1. The Morgan fingerprint density at radius 1 is 0.971 bits per heavy atom. The highest BCUT2D eigenvalue weighted by Crippen LogP contribution is 2.24. The number of hydrogen-bond donors (Lipinski definition) is 1. The Morgan fingerprint density at radius 3 is 2.47 bits per heavy atom. The Hall–Kier alpha value is -4.17. The molecular weight excluding hydrogens is 450 g/mol. The van der Waals surface area contributed by atoms with Crippen molar-refractivity contribution in [2.24, 2.45) is 5.10 Å². The molecule has 0 bridgehead atoms. The van der Waals surface area contributed by atoms with Crippen LogP contribution in [0, 0.1) is 0 Å². The zero-order chi connectivity index (χ0) is 23.6. The molecule has 0 radical (unpaired) electrons. The Balaban J connectivity index is 1.25. The van der Waals surface area contributed by atoms with Gasteiger partial charge in [-0.2, -0.15) is 5.10 Å². The lowest BCUT2D eigenvalue weighted by molar-refractivity contribution is 0.0600. The molecule has 0 fully saturated rings. The Kier molecular flexibility index (Phi) is 7.86. The van der Waals surface area contributed by atoms with Crippen LogP contribution in [0.3, 0.4) is 0 Å². The molecule has 0 aliphatic rings. The number of rotatable bonds is 10. The van der Waals surface area contributed by atoms with Gasteiger partial charge in [0.25, 0.3) is 0 Å². The van der Waals surface area contributed by atoms with Crippen molar-refractivity contribution in [1.29, 1.82) is 0 Å². The molecule has 1 aromatic heterocycles. The Labute approximate surface area is 201 Å². The fourth-order valence-corrected chi connectivity index (χ4v) is 3.73. The van der Waals surface area contributed by atoms with E-state index in [1.54, 1.807) is 30.5 Å². The summed E-state index contributed by atoms with van der Waals surface area (Å²) >= 11 is 1.50. The molecule has 0 aliphatic heterocycles. The van der Waals surface area contributed by atoms with E-state index >= 15 is 0 Å². The van der Waals surface area contributed by atoms with Gasteiger partial charge in [0.1, 0.15) is 24.7 Å². The molecule has 3 aromatic carbocycles. The smallest absolute Gasteiger partial charge is 0.337 e. The minimum atomic E-state index is -0.402. The molecule has 34 heavy (non-hydrogen) atoms. The van der Waals surface area contributed by atoms with E-state index in [1.165, 1.54) is 18.4 Å². The van der Waals surface area contributed by atoms with Crippen LogP contribution in [0.5, 0.6) is 11.5 Å². The molecule has 0 unspecified atom stereocenters. The lowest BCUT2D eigenvalue weighted by Crippen LogP contribution is -2.09. The molecule has 0 atom stereocenters. The lowest BCUT2D eigenvalue weighted by Gasteiger charge is -2.09. The first-order valence-corrected chi connectivity index (χ1v) is 11.4. The summed E-state index contributed by atoms with van der Waals surface area (Å²) in [4.78, 5) is 16.2. The van der Waals surface area contributed by atoms with Crippen molar-refractivity contribution < 1.29 is 19.0 Å². The standard InChI is InChI=1S/C26H23N3O4S/c1-31-25(30)21-10-6-12-23(16-21)33-14-13-32-22-11-5-7-19(15-22)17-27-29-26-28-24(18-34-26)20-8-3-2-4-9-20/h2-12,15-18H,13-14H2,1H3,(H,28,29). The number of ether oxygens (including phenoxy) is 3. The molecule has 0 saturated carbocycles. The van der Waals surface area contributed by atoms with Gasteiger partial charge >= 0.3 is 5.97 Å². The normalized spacial score (nSPS) is 10.7. The van der Waals surface area contributed by atoms with Gasteiger partial charge in [-0.1, -0.05) is 48.5 Å². The minimum absolute atomic E-state index is 0.332. The topological polar surface area (TPSA) is 82.0 Å². The van der Waals surface area contributed by atoms with E-state index in [1.807, 2.05) is 60.0 Å². The van der Waals surface area contributed by atoms with Gasteiger partial charge in [-0.05, 0) is 35.9 Å². The van der Waals surface area contributed by atoms with E-state index in [0.717, 1.165) is 22.0 Å². The van der Waals surface area contributed by atoms with Crippen LogP contribution in [-0.4, -0.2) is 37.5 Å². The van der Waals surface area contributed by atoms with E-state index in [9.17, 15) is 4.79 Å². The summed E-state index contributed by atoms with van der Waals surface area (Å²) in [5.74, 6) is 0.883. The predicted octanol–water partition coefficient (Wildman–Crippen LogP) is 5.50. The summed E-state index contributed by atoms with van der Waals surface area (Å²) in [6.45, 7) is 0.682. The third-order valence-corrected chi connectivity index (χ3v) is 5.43. The highest BCUT2D eigenvalue weighted by molar-refractivity contribution is 7.14. The van der Waals surface area contributed by atoms with Crippen LogP contribution in [0.25, 0.3) is 11.3 Å². The van der Waals surface area contributed by atoms with Gasteiger partial charge in [-0.15, -0.1) is 11.3 Å². The average molecular weight is 474 g/mol. The summed E-state index contributed by atoms with van der Waals surface area (Å²) < 4.78 is 16.2. The molecule has 4 rings (SSSR count). The number of nitrogens with one attached hydrogen (secondary N) is 1. The van der Waals surface area contributed by atoms with E-state index in [4.69, 9.17) is 14.2 Å². The van der Waals surface area contributed by atoms with E-state index in [0.29, 0.717) is 30.3 Å². The molecule has 4 aromatic rings. The second kappa shape index (κ2) is 11.6. The second-order valence-corrected chi connectivity index (χ2v) is 7.92. The number of aromatic nitrogens is 1.